The number of aliphatic hydroxyl groups excluding tert-OH is 1. The lowest BCUT2D eigenvalue weighted by Crippen LogP contribution is -2.42. The standard InChI is InChI=1S/C13H22N2O3/c1-9(2)15-7-10(6-12(15)17)13(18)14-5-3-4-11(14)8-16/h9-11,16H,3-8H2,1-2H3/t10?,11-/m0/s1. The molecule has 0 spiro atoms. The largest absolute Gasteiger partial charge is 0.394 e. The summed E-state index contributed by atoms with van der Waals surface area (Å²) in [6.07, 6.45) is 2.15. The van der Waals surface area contributed by atoms with E-state index in [1.165, 1.54) is 0 Å². The summed E-state index contributed by atoms with van der Waals surface area (Å²) in [6.45, 7) is 5.22. The van der Waals surface area contributed by atoms with Crippen LogP contribution < -0.4 is 0 Å². The van der Waals surface area contributed by atoms with Crippen molar-refractivity contribution in [3.63, 3.8) is 0 Å². The second kappa shape index (κ2) is 5.26. The summed E-state index contributed by atoms with van der Waals surface area (Å²) >= 11 is 0. The van der Waals surface area contributed by atoms with Gasteiger partial charge in [0.15, 0.2) is 0 Å². The molecule has 0 aromatic rings. The highest BCUT2D eigenvalue weighted by molar-refractivity contribution is 5.89. The molecule has 2 heterocycles. The normalized spacial score (nSPS) is 28.6. The fourth-order valence-electron chi connectivity index (χ4n) is 2.95. The number of carbonyl (C=O) groups excluding carboxylic acids is 2. The Morgan fingerprint density at radius 2 is 2.22 bits per heavy atom. The molecule has 0 aromatic heterocycles. The number of rotatable bonds is 3. The van der Waals surface area contributed by atoms with Gasteiger partial charge < -0.3 is 14.9 Å². The topological polar surface area (TPSA) is 60.9 Å². The van der Waals surface area contributed by atoms with Gasteiger partial charge in [-0.2, -0.15) is 0 Å². The Labute approximate surface area is 108 Å². The van der Waals surface area contributed by atoms with Gasteiger partial charge in [0.25, 0.3) is 0 Å². The average Bonchev–Trinajstić information content (AvgIpc) is 2.93. The van der Waals surface area contributed by atoms with Crippen molar-refractivity contribution in [2.75, 3.05) is 19.7 Å². The van der Waals surface area contributed by atoms with E-state index < -0.39 is 0 Å². The third-order valence-corrected chi connectivity index (χ3v) is 4.00. The van der Waals surface area contributed by atoms with Crippen molar-refractivity contribution < 1.29 is 14.7 Å². The summed E-state index contributed by atoms with van der Waals surface area (Å²) in [5, 5.41) is 9.25. The van der Waals surface area contributed by atoms with Crippen molar-refractivity contribution in [3.05, 3.63) is 0 Å². The van der Waals surface area contributed by atoms with Crippen LogP contribution in [0.25, 0.3) is 0 Å². The second-order valence-electron chi connectivity index (χ2n) is 5.55. The lowest BCUT2D eigenvalue weighted by atomic mass is 10.1. The lowest BCUT2D eigenvalue weighted by Gasteiger charge is -2.26. The van der Waals surface area contributed by atoms with Crippen molar-refractivity contribution in [2.24, 2.45) is 5.92 Å². The monoisotopic (exact) mass is 254 g/mol. The summed E-state index contributed by atoms with van der Waals surface area (Å²) in [4.78, 5) is 27.7. The second-order valence-corrected chi connectivity index (χ2v) is 5.55. The summed E-state index contributed by atoms with van der Waals surface area (Å²) in [5.41, 5.74) is 0. The molecule has 0 saturated carbocycles. The first-order valence-corrected chi connectivity index (χ1v) is 6.75. The maximum atomic E-state index is 12.4. The van der Waals surface area contributed by atoms with E-state index in [4.69, 9.17) is 0 Å². The molecule has 5 heteroatoms. The zero-order valence-electron chi connectivity index (χ0n) is 11.1. The predicted molar refractivity (Wildman–Crippen MR) is 66.8 cm³/mol. The first-order chi connectivity index (χ1) is 8.54. The molecule has 1 N–H and O–H groups in total. The minimum Gasteiger partial charge on any atom is -0.394 e. The fourth-order valence-corrected chi connectivity index (χ4v) is 2.95. The molecule has 5 nitrogen and oxygen atoms in total. The number of nitrogens with zero attached hydrogens (tertiary/aromatic N) is 2. The predicted octanol–water partition coefficient (Wildman–Crippen LogP) is 0.227. The van der Waals surface area contributed by atoms with Crippen LogP contribution in [-0.2, 0) is 9.59 Å². The molecule has 2 amide bonds. The van der Waals surface area contributed by atoms with Gasteiger partial charge in [-0.25, -0.2) is 0 Å². The fraction of sp³-hybridized carbons (Fsp3) is 0.846. The zero-order valence-corrected chi connectivity index (χ0v) is 11.1. The highest BCUT2D eigenvalue weighted by Gasteiger charge is 2.40. The summed E-state index contributed by atoms with van der Waals surface area (Å²) < 4.78 is 0. The maximum absolute atomic E-state index is 12.4. The Balaban J connectivity index is 2.00. The summed E-state index contributed by atoms with van der Waals surface area (Å²) in [6, 6.07) is 0.114. The highest BCUT2D eigenvalue weighted by Crippen LogP contribution is 2.26. The van der Waals surface area contributed by atoms with Crippen LogP contribution in [0.1, 0.15) is 33.1 Å². The molecule has 2 aliphatic rings. The third-order valence-electron chi connectivity index (χ3n) is 4.00. The Bertz CT molecular complexity index is 343. The molecule has 0 aromatic carbocycles. The molecule has 2 atom stereocenters. The van der Waals surface area contributed by atoms with E-state index >= 15 is 0 Å². The van der Waals surface area contributed by atoms with Gasteiger partial charge in [-0.15, -0.1) is 0 Å². The Hall–Kier alpha value is -1.10. The maximum Gasteiger partial charge on any atom is 0.228 e. The third kappa shape index (κ3) is 2.36. The van der Waals surface area contributed by atoms with Gasteiger partial charge in [0.1, 0.15) is 0 Å². The van der Waals surface area contributed by atoms with Crippen molar-refractivity contribution >= 4 is 11.8 Å². The van der Waals surface area contributed by atoms with Gasteiger partial charge >= 0.3 is 0 Å². The van der Waals surface area contributed by atoms with Gasteiger partial charge in [-0.3, -0.25) is 9.59 Å². The molecule has 0 bridgehead atoms. The van der Waals surface area contributed by atoms with Crippen LogP contribution in [0, 0.1) is 5.92 Å². The van der Waals surface area contributed by atoms with Crippen LogP contribution in [0.2, 0.25) is 0 Å². The van der Waals surface area contributed by atoms with Crippen LogP contribution in [0.3, 0.4) is 0 Å². The Morgan fingerprint density at radius 1 is 1.50 bits per heavy atom. The quantitative estimate of drug-likeness (QED) is 0.784. The van der Waals surface area contributed by atoms with Crippen LogP contribution in [0.4, 0.5) is 0 Å². The van der Waals surface area contributed by atoms with Gasteiger partial charge in [0.2, 0.25) is 11.8 Å². The minimum absolute atomic E-state index is 0.0281. The number of likely N-dealkylation sites (tertiary alicyclic amines) is 2. The van der Waals surface area contributed by atoms with Crippen molar-refractivity contribution in [3.8, 4) is 0 Å². The summed E-state index contributed by atoms with van der Waals surface area (Å²) in [7, 11) is 0. The van der Waals surface area contributed by atoms with Gasteiger partial charge in [0, 0.05) is 25.6 Å². The molecule has 1 unspecified atom stereocenters. The molecule has 2 saturated heterocycles. The van der Waals surface area contributed by atoms with E-state index in [1.54, 1.807) is 9.80 Å². The molecule has 2 fully saturated rings. The number of amides is 2. The first-order valence-electron chi connectivity index (χ1n) is 6.75. The molecule has 18 heavy (non-hydrogen) atoms. The van der Waals surface area contributed by atoms with Crippen molar-refractivity contribution in [1.29, 1.82) is 0 Å². The van der Waals surface area contributed by atoms with E-state index in [9.17, 15) is 14.7 Å². The molecule has 0 aliphatic carbocycles. The number of hydrogen-bond donors (Lipinski definition) is 1. The highest BCUT2D eigenvalue weighted by atomic mass is 16.3. The molecular formula is C13H22N2O3. The van der Waals surface area contributed by atoms with E-state index in [0.29, 0.717) is 13.0 Å². The van der Waals surface area contributed by atoms with Crippen LogP contribution in [0.15, 0.2) is 0 Å². The molecule has 102 valence electrons. The first kappa shape index (κ1) is 13.3. The number of carbonyl (C=O) groups is 2. The Kier molecular flexibility index (Phi) is 3.90. The van der Waals surface area contributed by atoms with Gasteiger partial charge in [-0.05, 0) is 26.7 Å². The minimum atomic E-state index is -0.216. The van der Waals surface area contributed by atoms with Gasteiger partial charge in [0.05, 0.1) is 18.6 Å². The number of hydrogen-bond acceptors (Lipinski definition) is 3. The van der Waals surface area contributed by atoms with Crippen molar-refractivity contribution in [2.45, 2.75) is 45.2 Å². The lowest BCUT2D eigenvalue weighted by molar-refractivity contribution is -0.137. The van der Waals surface area contributed by atoms with E-state index in [1.807, 2.05) is 13.8 Å². The average molecular weight is 254 g/mol. The smallest absolute Gasteiger partial charge is 0.228 e. The van der Waals surface area contributed by atoms with Crippen molar-refractivity contribution in [1.82, 2.24) is 9.80 Å². The molecule has 2 aliphatic heterocycles. The van der Waals surface area contributed by atoms with E-state index in [2.05, 4.69) is 0 Å². The van der Waals surface area contributed by atoms with Crippen LogP contribution in [0.5, 0.6) is 0 Å². The summed E-state index contributed by atoms with van der Waals surface area (Å²) in [5.74, 6) is -0.0989. The molecule has 2 rings (SSSR count). The van der Waals surface area contributed by atoms with Crippen LogP contribution in [-0.4, -0.2) is 58.5 Å². The molecular weight excluding hydrogens is 232 g/mol. The Morgan fingerprint density at radius 3 is 2.78 bits per heavy atom. The molecule has 0 radical (unpaired) electrons. The van der Waals surface area contributed by atoms with Crippen LogP contribution >= 0.6 is 0 Å². The zero-order chi connectivity index (χ0) is 13.3. The number of aliphatic hydroxyl groups is 1. The van der Waals surface area contributed by atoms with E-state index in [0.717, 1.165) is 19.4 Å². The van der Waals surface area contributed by atoms with E-state index in [-0.39, 0.29) is 36.4 Å². The SMILES string of the molecule is CC(C)N1CC(C(=O)N2CCC[C@H]2CO)CC1=O. The van der Waals surface area contributed by atoms with Gasteiger partial charge in [-0.1, -0.05) is 0 Å².